The van der Waals surface area contributed by atoms with E-state index in [-0.39, 0.29) is 29.7 Å². The summed E-state index contributed by atoms with van der Waals surface area (Å²) in [5, 5.41) is 11.9. The number of rotatable bonds is 11. The zero-order chi connectivity index (χ0) is 29.7. The Kier molecular flexibility index (Phi) is 9.48. The summed E-state index contributed by atoms with van der Waals surface area (Å²) in [5.41, 5.74) is -0.0489. The lowest BCUT2D eigenvalue weighted by Crippen LogP contribution is -2.50. The topological polar surface area (TPSA) is 84.9 Å². The first-order valence-corrected chi connectivity index (χ1v) is 12.0. The summed E-state index contributed by atoms with van der Waals surface area (Å²) in [4.78, 5) is 25.0. The van der Waals surface area contributed by atoms with Crippen molar-refractivity contribution in [3.8, 4) is 11.5 Å². The maximum atomic E-state index is 14.1. The SMILES string of the molecule is CCCCC(C(NC(=O)c1ccc2ccc(F)cc2c1OCc1ccc(OC(F)(F)F)cc1)C(=O)O)C(F)(F)F. The monoisotopic (exact) mass is 575 g/mol. The number of aliphatic carboxylic acids is 1. The largest absolute Gasteiger partial charge is 0.573 e. The molecule has 0 fully saturated rings. The number of amides is 1. The van der Waals surface area contributed by atoms with Crippen molar-refractivity contribution < 1.29 is 54.9 Å². The summed E-state index contributed by atoms with van der Waals surface area (Å²) < 4.78 is 102. The molecular formula is C27H24F7NO5. The van der Waals surface area contributed by atoms with E-state index in [1.165, 1.54) is 30.3 Å². The summed E-state index contributed by atoms with van der Waals surface area (Å²) in [6, 6.07) is 8.32. The standard InChI is InChI=1S/C27H24F7NO5/c1-2-3-4-21(26(29,30)31)22(25(37)38)35-24(36)19-12-8-16-7-9-17(28)13-20(16)23(19)39-14-15-5-10-18(11-6-15)40-27(32,33)34/h5-13,21-22H,2-4,14H2,1H3,(H,35,36)(H,37,38). The molecule has 2 N–H and O–H groups in total. The van der Waals surface area contributed by atoms with Crippen molar-refractivity contribution in [1.29, 1.82) is 0 Å². The number of halogens is 7. The van der Waals surface area contributed by atoms with E-state index >= 15 is 0 Å². The molecule has 3 rings (SSSR count). The normalized spacial score (nSPS) is 13.5. The van der Waals surface area contributed by atoms with Gasteiger partial charge in [-0.25, -0.2) is 9.18 Å². The van der Waals surface area contributed by atoms with Crippen molar-refractivity contribution in [3.63, 3.8) is 0 Å². The van der Waals surface area contributed by atoms with Crippen LogP contribution in [0.2, 0.25) is 0 Å². The number of carboxylic acids is 1. The molecule has 3 aromatic carbocycles. The van der Waals surface area contributed by atoms with E-state index in [9.17, 15) is 45.4 Å². The minimum atomic E-state index is -4.92. The molecule has 13 heteroatoms. The van der Waals surface area contributed by atoms with Gasteiger partial charge in [-0.05, 0) is 47.7 Å². The van der Waals surface area contributed by atoms with Gasteiger partial charge in [0.05, 0.1) is 11.5 Å². The van der Waals surface area contributed by atoms with Crippen LogP contribution in [0.1, 0.15) is 42.1 Å². The van der Waals surface area contributed by atoms with Gasteiger partial charge in [0.1, 0.15) is 30.0 Å². The van der Waals surface area contributed by atoms with E-state index in [1.54, 1.807) is 6.92 Å². The summed E-state index contributed by atoms with van der Waals surface area (Å²) in [6.45, 7) is 1.29. The predicted octanol–water partition coefficient (Wildman–Crippen LogP) is 7.01. The number of carbonyl (C=O) groups is 2. The van der Waals surface area contributed by atoms with Crippen molar-refractivity contribution in [2.45, 2.75) is 51.4 Å². The van der Waals surface area contributed by atoms with Gasteiger partial charge in [0.25, 0.3) is 5.91 Å². The van der Waals surface area contributed by atoms with Gasteiger partial charge in [0.2, 0.25) is 0 Å². The zero-order valence-corrected chi connectivity index (χ0v) is 20.9. The Bertz CT molecular complexity index is 1340. The minimum absolute atomic E-state index is 0.0647. The number of fused-ring (bicyclic) bond motifs is 1. The molecule has 0 bridgehead atoms. The number of ether oxygens (including phenoxy) is 2. The highest BCUT2D eigenvalue weighted by Gasteiger charge is 2.48. The highest BCUT2D eigenvalue weighted by atomic mass is 19.4. The summed E-state index contributed by atoms with van der Waals surface area (Å²) in [7, 11) is 0. The highest BCUT2D eigenvalue weighted by Crippen LogP contribution is 2.35. The van der Waals surface area contributed by atoms with Gasteiger partial charge in [-0.2, -0.15) is 13.2 Å². The summed E-state index contributed by atoms with van der Waals surface area (Å²) >= 11 is 0. The van der Waals surface area contributed by atoms with Crippen LogP contribution in [0.3, 0.4) is 0 Å². The second-order valence-corrected chi connectivity index (χ2v) is 8.87. The molecule has 1 amide bonds. The molecule has 0 aliphatic rings. The van der Waals surface area contributed by atoms with Crippen molar-refractivity contribution >= 4 is 22.6 Å². The van der Waals surface area contributed by atoms with Crippen LogP contribution in [0.25, 0.3) is 10.8 Å². The number of carbonyl (C=O) groups excluding carboxylic acids is 1. The van der Waals surface area contributed by atoms with Gasteiger partial charge in [-0.1, -0.05) is 44.0 Å². The molecule has 2 unspecified atom stereocenters. The number of alkyl halides is 6. The Morgan fingerprint density at radius 1 is 0.975 bits per heavy atom. The van der Waals surface area contributed by atoms with Gasteiger partial charge < -0.3 is 19.9 Å². The van der Waals surface area contributed by atoms with Crippen LogP contribution >= 0.6 is 0 Å². The molecule has 0 heterocycles. The average molecular weight is 575 g/mol. The summed E-state index contributed by atoms with van der Waals surface area (Å²) in [5.74, 6) is -6.93. The first-order chi connectivity index (χ1) is 18.7. The van der Waals surface area contributed by atoms with E-state index in [4.69, 9.17) is 4.74 Å². The van der Waals surface area contributed by atoms with Crippen LogP contribution in [0.15, 0.2) is 54.6 Å². The summed E-state index contributed by atoms with van der Waals surface area (Å²) in [6.07, 6.45) is -9.91. The number of nitrogens with one attached hydrogen (secondary N) is 1. The lowest BCUT2D eigenvalue weighted by Gasteiger charge is -2.27. The fourth-order valence-electron chi connectivity index (χ4n) is 4.04. The van der Waals surface area contributed by atoms with Gasteiger partial charge >= 0.3 is 18.5 Å². The fourth-order valence-corrected chi connectivity index (χ4v) is 4.04. The van der Waals surface area contributed by atoms with Crippen LogP contribution in [0.5, 0.6) is 11.5 Å². The van der Waals surface area contributed by atoms with Crippen molar-refractivity contribution in [2.24, 2.45) is 5.92 Å². The molecule has 0 aromatic heterocycles. The van der Waals surface area contributed by atoms with Crippen molar-refractivity contribution in [1.82, 2.24) is 5.32 Å². The number of hydrogen-bond donors (Lipinski definition) is 2. The lowest BCUT2D eigenvalue weighted by molar-refractivity contribution is -0.274. The number of hydrogen-bond acceptors (Lipinski definition) is 4. The third-order valence-corrected chi connectivity index (χ3v) is 5.96. The van der Waals surface area contributed by atoms with E-state index in [1.807, 2.05) is 5.32 Å². The second kappa shape index (κ2) is 12.4. The molecule has 0 spiro atoms. The molecule has 0 saturated carbocycles. The maximum Gasteiger partial charge on any atom is 0.573 e. The fraction of sp³-hybridized carbons (Fsp3) is 0.333. The van der Waals surface area contributed by atoms with Gasteiger partial charge in [0, 0.05) is 5.39 Å². The molecule has 0 aliphatic carbocycles. The number of carboxylic acid groups (broad SMARTS) is 1. The Morgan fingerprint density at radius 2 is 1.62 bits per heavy atom. The number of unbranched alkanes of at least 4 members (excludes halogenated alkanes) is 1. The second-order valence-electron chi connectivity index (χ2n) is 8.87. The molecule has 40 heavy (non-hydrogen) atoms. The van der Waals surface area contributed by atoms with Crippen LogP contribution in [-0.4, -0.2) is 35.6 Å². The third-order valence-electron chi connectivity index (χ3n) is 5.96. The number of benzene rings is 3. The van der Waals surface area contributed by atoms with E-state index in [0.717, 1.165) is 24.3 Å². The molecule has 0 aliphatic heterocycles. The Hall–Kier alpha value is -4.03. The Balaban J connectivity index is 1.95. The molecule has 3 aromatic rings. The molecular weight excluding hydrogens is 551 g/mol. The Morgan fingerprint density at radius 3 is 2.20 bits per heavy atom. The van der Waals surface area contributed by atoms with Crippen LogP contribution in [-0.2, 0) is 11.4 Å². The predicted molar refractivity (Wildman–Crippen MR) is 129 cm³/mol. The van der Waals surface area contributed by atoms with E-state index in [2.05, 4.69) is 4.74 Å². The van der Waals surface area contributed by atoms with Crippen LogP contribution in [0, 0.1) is 11.7 Å². The molecule has 6 nitrogen and oxygen atoms in total. The third kappa shape index (κ3) is 7.99. The molecule has 0 radical (unpaired) electrons. The smallest absolute Gasteiger partial charge is 0.487 e. The maximum absolute atomic E-state index is 14.1. The van der Waals surface area contributed by atoms with Crippen LogP contribution < -0.4 is 14.8 Å². The first-order valence-electron chi connectivity index (χ1n) is 12.0. The molecule has 0 saturated heterocycles. The van der Waals surface area contributed by atoms with Gasteiger partial charge in [0.15, 0.2) is 0 Å². The van der Waals surface area contributed by atoms with E-state index in [0.29, 0.717) is 17.4 Å². The van der Waals surface area contributed by atoms with Gasteiger partial charge in [-0.3, -0.25) is 4.79 Å². The molecule has 2 atom stereocenters. The first kappa shape index (κ1) is 30.5. The van der Waals surface area contributed by atoms with Gasteiger partial charge in [-0.15, -0.1) is 13.2 Å². The van der Waals surface area contributed by atoms with Crippen LogP contribution in [0.4, 0.5) is 30.7 Å². The van der Waals surface area contributed by atoms with E-state index < -0.39 is 54.4 Å². The van der Waals surface area contributed by atoms with Crippen molar-refractivity contribution in [2.75, 3.05) is 0 Å². The molecule has 216 valence electrons. The zero-order valence-electron chi connectivity index (χ0n) is 20.9. The highest BCUT2D eigenvalue weighted by molar-refractivity contribution is 6.05. The average Bonchev–Trinajstić information content (AvgIpc) is 2.85. The quantitative estimate of drug-likeness (QED) is 0.241. The lowest BCUT2D eigenvalue weighted by atomic mass is 9.92. The van der Waals surface area contributed by atoms with Crippen molar-refractivity contribution in [3.05, 3.63) is 71.5 Å². The Labute approximate surface area is 223 Å². The minimum Gasteiger partial charge on any atom is -0.487 e.